The highest BCUT2D eigenvalue weighted by Gasteiger charge is 2.17. The summed E-state index contributed by atoms with van der Waals surface area (Å²) in [6.45, 7) is 2.42. The predicted octanol–water partition coefficient (Wildman–Crippen LogP) is 4.70. The van der Waals surface area contributed by atoms with E-state index in [1.54, 1.807) is 13.2 Å². The van der Waals surface area contributed by atoms with Gasteiger partial charge in [0.05, 0.1) is 23.9 Å². The van der Waals surface area contributed by atoms with Crippen molar-refractivity contribution in [2.24, 2.45) is 0 Å². The van der Waals surface area contributed by atoms with Gasteiger partial charge in [0.25, 0.3) is 5.91 Å². The molecule has 0 atom stereocenters. The van der Waals surface area contributed by atoms with Crippen molar-refractivity contribution in [2.75, 3.05) is 19.0 Å². The number of furan rings is 1. The number of benzene rings is 2. The van der Waals surface area contributed by atoms with Crippen molar-refractivity contribution in [3.63, 3.8) is 0 Å². The molecule has 2 aromatic heterocycles. The minimum absolute atomic E-state index is 0.212. The van der Waals surface area contributed by atoms with Crippen LogP contribution in [0.1, 0.15) is 17.5 Å². The summed E-state index contributed by atoms with van der Waals surface area (Å²) in [6.07, 6.45) is 0. The van der Waals surface area contributed by atoms with E-state index in [0.29, 0.717) is 23.1 Å². The molecule has 4 aromatic rings. The lowest BCUT2D eigenvalue weighted by Crippen LogP contribution is -2.10. The molecule has 6 nitrogen and oxygen atoms in total. The third-order valence-corrected chi connectivity index (χ3v) is 4.78. The average Bonchev–Trinajstić information content (AvgIpc) is 3.25. The van der Waals surface area contributed by atoms with Crippen LogP contribution in [0.4, 0.5) is 5.13 Å². The first-order valence-electron chi connectivity index (χ1n) is 8.09. The molecule has 2 aromatic carbocycles. The molecule has 0 fully saturated rings. The number of fused-ring (bicyclic) bond motifs is 2. The van der Waals surface area contributed by atoms with Crippen molar-refractivity contribution >= 4 is 43.6 Å². The van der Waals surface area contributed by atoms with Gasteiger partial charge < -0.3 is 13.9 Å². The Balaban J connectivity index is 1.62. The van der Waals surface area contributed by atoms with Gasteiger partial charge in [-0.05, 0) is 37.3 Å². The zero-order valence-corrected chi connectivity index (χ0v) is 15.1. The Morgan fingerprint density at radius 3 is 2.96 bits per heavy atom. The van der Waals surface area contributed by atoms with E-state index in [4.69, 9.17) is 13.9 Å². The molecule has 0 radical (unpaired) electrons. The predicted molar refractivity (Wildman–Crippen MR) is 102 cm³/mol. The van der Waals surface area contributed by atoms with E-state index in [-0.39, 0.29) is 11.7 Å². The first-order valence-corrected chi connectivity index (χ1v) is 8.91. The van der Waals surface area contributed by atoms with E-state index in [0.717, 1.165) is 21.4 Å². The van der Waals surface area contributed by atoms with Crippen molar-refractivity contribution in [1.82, 2.24) is 4.98 Å². The number of thiazole rings is 1. The van der Waals surface area contributed by atoms with Crippen LogP contribution in [-0.2, 0) is 0 Å². The normalized spacial score (nSPS) is 11.0. The molecule has 0 spiro atoms. The second-order valence-corrected chi connectivity index (χ2v) is 6.56. The Kier molecular flexibility index (Phi) is 4.22. The van der Waals surface area contributed by atoms with Crippen LogP contribution in [0.5, 0.6) is 11.5 Å². The number of hydrogen-bond donors (Lipinski definition) is 1. The topological polar surface area (TPSA) is 73.6 Å². The summed E-state index contributed by atoms with van der Waals surface area (Å²) >= 11 is 1.38. The second kappa shape index (κ2) is 6.68. The molecule has 7 heteroatoms. The van der Waals surface area contributed by atoms with Crippen LogP contribution in [0.2, 0.25) is 0 Å². The first-order chi connectivity index (χ1) is 12.7. The maximum Gasteiger partial charge on any atom is 0.293 e. The number of nitrogens with one attached hydrogen (secondary N) is 1. The Morgan fingerprint density at radius 1 is 1.27 bits per heavy atom. The number of rotatable bonds is 5. The molecule has 0 aliphatic carbocycles. The van der Waals surface area contributed by atoms with Crippen molar-refractivity contribution in [2.45, 2.75) is 6.92 Å². The van der Waals surface area contributed by atoms with E-state index in [9.17, 15) is 4.79 Å². The monoisotopic (exact) mass is 368 g/mol. The number of hydrogen-bond acceptors (Lipinski definition) is 6. The number of ether oxygens (including phenoxy) is 2. The molecule has 4 rings (SSSR count). The summed E-state index contributed by atoms with van der Waals surface area (Å²) in [4.78, 5) is 17.0. The van der Waals surface area contributed by atoms with Crippen LogP contribution in [0.3, 0.4) is 0 Å². The molecular weight excluding hydrogens is 352 g/mol. The quantitative estimate of drug-likeness (QED) is 0.553. The van der Waals surface area contributed by atoms with Crippen LogP contribution >= 0.6 is 11.3 Å². The Hall–Kier alpha value is -3.06. The van der Waals surface area contributed by atoms with E-state index >= 15 is 0 Å². The fraction of sp³-hybridized carbons (Fsp3) is 0.158. The molecule has 0 saturated heterocycles. The molecule has 132 valence electrons. The van der Waals surface area contributed by atoms with E-state index < -0.39 is 0 Å². The SMILES string of the molecule is CCOc1cccc2cc(C(=O)Nc3nc4ccc(OC)cc4s3)oc12. The van der Waals surface area contributed by atoms with Crippen molar-refractivity contribution in [3.05, 3.63) is 48.2 Å². The van der Waals surface area contributed by atoms with Crippen LogP contribution in [0.25, 0.3) is 21.2 Å². The molecule has 0 aliphatic rings. The van der Waals surface area contributed by atoms with Gasteiger partial charge in [0.2, 0.25) is 0 Å². The highest BCUT2D eigenvalue weighted by Crippen LogP contribution is 2.31. The number of para-hydroxylation sites is 1. The van der Waals surface area contributed by atoms with Crippen LogP contribution in [0.15, 0.2) is 46.9 Å². The molecule has 0 aliphatic heterocycles. The summed E-state index contributed by atoms with van der Waals surface area (Å²) in [7, 11) is 1.61. The lowest BCUT2D eigenvalue weighted by Gasteiger charge is -2.02. The van der Waals surface area contributed by atoms with Gasteiger partial charge in [-0.25, -0.2) is 4.98 Å². The van der Waals surface area contributed by atoms with E-state index in [1.807, 2.05) is 43.3 Å². The van der Waals surface area contributed by atoms with E-state index in [2.05, 4.69) is 10.3 Å². The molecule has 0 saturated carbocycles. The number of anilines is 1. The molecule has 0 unspecified atom stereocenters. The van der Waals surface area contributed by atoms with Crippen molar-refractivity contribution < 1.29 is 18.7 Å². The summed E-state index contributed by atoms with van der Waals surface area (Å²) in [5.74, 6) is 1.23. The molecule has 0 bridgehead atoms. The van der Waals surface area contributed by atoms with Crippen LogP contribution in [-0.4, -0.2) is 24.6 Å². The summed E-state index contributed by atoms with van der Waals surface area (Å²) in [6, 6.07) is 12.8. The van der Waals surface area contributed by atoms with Gasteiger partial charge in [0.15, 0.2) is 22.2 Å². The van der Waals surface area contributed by atoms with Gasteiger partial charge in [-0.15, -0.1) is 0 Å². The standard InChI is InChI=1S/C19H16N2O4S/c1-3-24-14-6-4-5-11-9-15(25-17(11)14)18(22)21-19-20-13-8-7-12(23-2)10-16(13)26-19/h4-10H,3H2,1-2H3,(H,20,21,22). The Bertz CT molecular complexity index is 1100. The maximum atomic E-state index is 12.5. The number of carbonyl (C=O) groups excluding carboxylic acids is 1. The molecule has 26 heavy (non-hydrogen) atoms. The minimum atomic E-state index is -0.352. The van der Waals surface area contributed by atoms with Gasteiger partial charge in [-0.1, -0.05) is 23.5 Å². The number of carbonyl (C=O) groups is 1. The summed E-state index contributed by atoms with van der Waals surface area (Å²) in [5.41, 5.74) is 1.36. The van der Waals surface area contributed by atoms with Gasteiger partial charge in [-0.3, -0.25) is 10.1 Å². The fourth-order valence-corrected chi connectivity index (χ4v) is 3.55. The van der Waals surface area contributed by atoms with Gasteiger partial charge in [-0.2, -0.15) is 0 Å². The Labute approximate surface area is 153 Å². The van der Waals surface area contributed by atoms with E-state index in [1.165, 1.54) is 11.3 Å². The van der Waals surface area contributed by atoms with Gasteiger partial charge >= 0.3 is 0 Å². The third-order valence-electron chi connectivity index (χ3n) is 3.85. The third kappa shape index (κ3) is 2.97. The second-order valence-electron chi connectivity index (χ2n) is 5.52. The Morgan fingerprint density at radius 2 is 2.15 bits per heavy atom. The van der Waals surface area contributed by atoms with Crippen molar-refractivity contribution in [3.8, 4) is 11.5 Å². The molecular formula is C19H16N2O4S. The first kappa shape index (κ1) is 16.4. The van der Waals surface area contributed by atoms with Gasteiger partial charge in [0.1, 0.15) is 5.75 Å². The number of aromatic nitrogens is 1. The average molecular weight is 368 g/mol. The van der Waals surface area contributed by atoms with Crippen LogP contribution < -0.4 is 14.8 Å². The van der Waals surface area contributed by atoms with Gasteiger partial charge in [0, 0.05) is 5.39 Å². The largest absolute Gasteiger partial charge is 0.497 e. The highest BCUT2D eigenvalue weighted by molar-refractivity contribution is 7.22. The van der Waals surface area contributed by atoms with Crippen LogP contribution in [0, 0.1) is 0 Å². The number of methoxy groups -OCH3 is 1. The van der Waals surface area contributed by atoms with Crippen molar-refractivity contribution in [1.29, 1.82) is 0 Å². The molecule has 1 amide bonds. The number of nitrogens with zero attached hydrogens (tertiary/aromatic N) is 1. The zero-order chi connectivity index (χ0) is 18.1. The molecule has 1 N–H and O–H groups in total. The highest BCUT2D eigenvalue weighted by atomic mass is 32.1. The lowest BCUT2D eigenvalue weighted by atomic mass is 10.2. The molecule has 2 heterocycles. The maximum absolute atomic E-state index is 12.5. The fourth-order valence-electron chi connectivity index (χ4n) is 2.66. The summed E-state index contributed by atoms with van der Waals surface area (Å²) < 4.78 is 17.4. The minimum Gasteiger partial charge on any atom is -0.497 e. The smallest absolute Gasteiger partial charge is 0.293 e. The lowest BCUT2D eigenvalue weighted by molar-refractivity contribution is 0.0998. The number of amides is 1. The summed E-state index contributed by atoms with van der Waals surface area (Å²) in [5, 5.41) is 4.11. The zero-order valence-electron chi connectivity index (χ0n) is 14.2.